The van der Waals surface area contributed by atoms with Crippen molar-refractivity contribution in [3.63, 3.8) is 0 Å². The summed E-state index contributed by atoms with van der Waals surface area (Å²) in [5.74, 6) is 0.994. The minimum atomic E-state index is 0.247. The van der Waals surface area contributed by atoms with Crippen molar-refractivity contribution < 1.29 is 9.53 Å². The summed E-state index contributed by atoms with van der Waals surface area (Å²) in [5, 5.41) is 0. The van der Waals surface area contributed by atoms with Crippen molar-refractivity contribution in [1.29, 1.82) is 0 Å². The Hall–Kier alpha value is -0.370. The highest BCUT2D eigenvalue weighted by atomic mass is 16.5. The fourth-order valence-electron chi connectivity index (χ4n) is 1.44. The van der Waals surface area contributed by atoms with E-state index in [0.717, 1.165) is 6.61 Å². The van der Waals surface area contributed by atoms with Gasteiger partial charge in [-0.2, -0.15) is 0 Å². The Morgan fingerprint density at radius 3 is 2.75 bits per heavy atom. The van der Waals surface area contributed by atoms with Gasteiger partial charge >= 0.3 is 0 Å². The Labute approximate surface area is 74.3 Å². The lowest BCUT2D eigenvalue weighted by molar-refractivity contribution is -0.135. The van der Waals surface area contributed by atoms with E-state index in [9.17, 15) is 4.79 Å². The number of hydrogen-bond acceptors (Lipinski definition) is 2. The van der Waals surface area contributed by atoms with E-state index >= 15 is 0 Å². The van der Waals surface area contributed by atoms with Gasteiger partial charge in [0.2, 0.25) is 0 Å². The van der Waals surface area contributed by atoms with Crippen LogP contribution in [0, 0.1) is 5.92 Å². The molecule has 0 aromatic heterocycles. The fourth-order valence-corrected chi connectivity index (χ4v) is 1.44. The molecule has 1 rings (SSSR count). The molecule has 0 aliphatic heterocycles. The second-order valence-electron chi connectivity index (χ2n) is 3.80. The monoisotopic (exact) mass is 170 g/mol. The Morgan fingerprint density at radius 2 is 2.25 bits per heavy atom. The van der Waals surface area contributed by atoms with Gasteiger partial charge in [-0.15, -0.1) is 0 Å². The van der Waals surface area contributed by atoms with Gasteiger partial charge in [0, 0.05) is 19.4 Å². The number of ketones is 1. The molecule has 0 N–H and O–H groups in total. The van der Waals surface area contributed by atoms with E-state index in [0.29, 0.717) is 24.5 Å². The summed E-state index contributed by atoms with van der Waals surface area (Å²) in [6, 6.07) is 0. The number of rotatable bonds is 5. The maximum atomic E-state index is 10.6. The highest BCUT2D eigenvalue weighted by Crippen LogP contribution is 2.19. The molecule has 0 amide bonds. The van der Waals surface area contributed by atoms with E-state index < -0.39 is 0 Å². The molecule has 1 unspecified atom stereocenters. The van der Waals surface area contributed by atoms with Gasteiger partial charge in [-0.3, -0.25) is 4.79 Å². The summed E-state index contributed by atoms with van der Waals surface area (Å²) in [7, 11) is 0. The van der Waals surface area contributed by atoms with Crippen molar-refractivity contribution in [2.45, 2.75) is 45.6 Å². The number of carbonyl (C=O) groups is 1. The number of ether oxygens (including phenoxy) is 1. The van der Waals surface area contributed by atoms with Crippen molar-refractivity contribution in [3.8, 4) is 0 Å². The average Bonchev–Trinajstić information content (AvgIpc) is 1.96. The van der Waals surface area contributed by atoms with E-state index in [1.165, 1.54) is 12.8 Å². The summed E-state index contributed by atoms with van der Waals surface area (Å²) in [6.45, 7) is 5.21. The molecule has 2 heteroatoms. The first-order valence-corrected chi connectivity index (χ1v) is 4.85. The smallest absolute Gasteiger partial charge is 0.138 e. The zero-order valence-electron chi connectivity index (χ0n) is 8.01. The predicted molar refractivity (Wildman–Crippen MR) is 48.1 cm³/mol. The lowest BCUT2D eigenvalue weighted by Crippen LogP contribution is -2.32. The molecule has 1 aliphatic rings. The van der Waals surface area contributed by atoms with Crippen LogP contribution in [0.5, 0.6) is 0 Å². The number of Topliss-reactive ketones (excluding diaryl/α,β-unsaturated/α-hetero) is 1. The molecular weight excluding hydrogens is 152 g/mol. The Bertz CT molecular complexity index is 146. The molecule has 0 heterocycles. The van der Waals surface area contributed by atoms with Gasteiger partial charge in [-0.1, -0.05) is 20.3 Å². The summed E-state index contributed by atoms with van der Waals surface area (Å²) in [5.41, 5.74) is 0. The highest BCUT2D eigenvalue weighted by Gasteiger charge is 2.27. The van der Waals surface area contributed by atoms with Gasteiger partial charge in [0.05, 0.1) is 6.10 Å². The van der Waals surface area contributed by atoms with E-state index in [1.54, 1.807) is 0 Å². The maximum absolute atomic E-state index is 10.6. The van der Waals surface area contributed by atoms with Crippen LogP contribution in [-0.2, 0) is 9.53 Å². The molecule has 12 heavy (non-hydrogen) atoms. The average molecular weight is 170 g/mol. The van der Waals surface area contributed by atoms with Crippen LogP contribution in [0.4, 0.5) is 0 Å². The summed E-state index contributed by atoms with van der Waals surface area (Å²) < 4.78 is 5.54. The van der Waals surface area contributed by atoms with Gasteiger partial charge in [0.25, 0.3) is 0 Å². The second kappa shape index (κ2) is 4.61. The molecule has 0 aromatic rings. The van der Waals surface area contributed by atoms with Crippen LogP contribution in [-0.4, -0.2) is 18.5 Å². The molecule has 1 fully saturated rings. The minimum absolute atomic E-state index is 0.247. The van der Waals surface area contributed by atoms with E-state index in [-0.39, 0.29) is 6.10 Å². The van der Waals surface area contributed by atoms with Crippen molar-refractivity contribution in [3.05, 3.63) is 0 Å². The molecular formula is C10H18O2. The quantitative estimate of drug-likeness (QED) is 0.632. The number of carbonyl (C=O) groups excluding carboxylic acids is 1. The van der Waals surface area contributed by atoms with Gasteiger partial charge in [0.15, 0.2) is 0 Å². The summed E-state index contributed by atoms with van der Waals surface area (Å²) in [6.07, 6.45) is 3.99. The van der Waals surface area contributed by atoms with Crippen LogP contribution in [0.2, 0.25) is 0 Å². The summed E-state index contributed by atoms with van der Waals surface area (Å²) >= 11 is 0. The third-order valence-electron chi connectivity index (χ3n) is 2.31. The third-order valence-corrected chi connectivity index (χ3v) is 2.31. The van der Waals surface area contributed by atoms with E-state index in [1.807, 2.05) is 0 Å². The molecule has 1 saturated carbocycles. The Balaban J connectivity index is 1.98. The topological polar surface area (TPSA) is 26.3 Å². The molecule has 1 aliphatic carbocycles. The Morgan fingerprint density at radius 1 is 1.58 bits per heavy atom. The molecule has 0 saturated heterocycles. The molecule has 0 spiro atoms. The molecule has 0 bridgehead atoms. The SMILES string of the molecule is CCCC(C)COC1CC(=O)C1. The lowest BCUT2D eigenvalue weighted by atomic mass is 9.94. The summed E-state index contributed by atoms with van der Waals surface area (Å²) in [4.78, 5) is 10.6. The van der Waals surface area contributed by atoms with E-state index in [4.69, 9.17) is 4.74 Å². The van der Waals surface area contributed by atoms with Crippen LogP contribution in [0.15, 0.2) is 0 Å². The van der Waals surface area contributed by atoms with Crippen LogP contribution >= 0.6 is 0 Å². The molecule has 0 radical (unpaired) electrons. The minimum Gasteiger partial charge on any atom is -0.377 e. The van der Waals surface area contributed by atoms with Crippen molar-refractivity contribution in [2.24, 2.45) is 5.92 Å². The van der Waals surface area contributed by atoms with Gasteiger partial charge in [-0.05, 0) is 12.3 Å². The van der Waals surface area contributed by atoms with Gasteiger partial charge in [-0.25, -0.2) is 0 Å². The Kier molecular flexibility index (Phi) is 3.73. The highest BCUT2D eigenvalue weighted by molar-refractivity contribution is 5.85. The van der Waals surface area contributed by atoms with Gasteiger partial charge in [0.1, 0.15) is 5.78 Å². The van der Waals surface area contributed by atoms with E-state index in [2.05, 4.69) is 13.8 Å². The van der Waals surface area contributed by atoms with Crippen molar-refractivity contribution in [2.75, 3.05) is 6.61 Å². The number of hydrogen-bond donors (Lipinski definition) is 0. The maximum Gasteiger partial charge on any atom is 0.138 e. The first-order chi connectivity index (χ1) is 5.72. The van der Waals surface area contributed by atoms with Crippen LogP contribution < -0.4 is 0 Å². The normalized spacial score (nSPS) is 20.7. The molecule has 1 atom stereocenters. The van der Waals surface area contributed by atoms with Crippen LogP contribution in [0.1, 0.15) is 39.5 Å². The largest absolute Gasteiger partial charge is 0.377 e. The van der Waals surface area contributed by atoms with Crippen molar-refractivity contribution in [1.82, 2.24) is 0 Å². The van der Waals surface area contributed by atoms with Crippen LogP contribution in [0.3, 0.4) is 0 Å². The zero-order valence-corrected chi connectivity index (χ0v) is 8.01. The molecule has 2 nitrogen and oxygen atoms in total. The van der Waals surface area contributed by atoms with Gasteiger partial charge < -0.3 is 4.74 Å². The molecule has 0 aromatic carbocycles. The fraction of sp³-hybridized carbons (Fsp3) is 0.900. The van der Waals surface area contributed by atoms with Crippen LogP contribution in [0.25, 0.3) is 0 Å². The lowest BCUT2D eigenvalue weighted by Gasteiger charge is -2.25. The molecule has 70 valence electrons. The predicted octanol–water partition coefficient (Wildman–Crippen LogP) is 2.17. The second-order valence-corrected chi connectivity index (χ2v) is 3.80. The van der Waals surface area contributed by atoms with Crippen molar-refractivity contribution >= 4 is 5.78 Å². The first kappa shape index (κ1) is 9.72. The standard InChI is InChI=1S/C10H18O2/c1-3-4-8(2)7-12-10-5-9(11)6-10/h8,10H,3-7H2,1-2H3. The zero-order chi connectivity index (χ0) is 8.97. The third kappa shape index (κ3) is 2.94. The first-order valence-electron chi connectivity index (χ1n) is 4.85.